The van der Waals surface area contributed by atoms with E-state index in [0.29, 0.717) is 12.5 Å². The van der Waals surface area contributed by atoms with Crippen LogP contribution in [0.5, 0.6) is 0 Å². The molecule has 122 valence electrons. The molecule has 0 aromatic heterocycles. The maximum atomic E-state index is 12.2. The molecule has 0 aliphatic heterocycles. The molecule has 0 radical (unpaired) electrons. The fourth-order valence-corrected chi connectivity index (χ4v) is 3.70. The number of aliphatic hydroxyl groups excluding tert-OH is 1. The smallest absolute Gasteiger partial charge is 0.319 e. The molecule has 1 aliphatic rings. The molecule has 2 rings (SSSR count). The van der Waals surface area contributed by atoms with Crippen molar-refractivity contribution in [1.29, 1.82) is 0 Å². The van der Waals surface area contributed by atoms with Gasteiger partial charge in [0.05, 0.1) is 5.69 Å². The van der Waals surface area contributed by atoms with Gasteiger partial charge in [0.2, 0.25) is 0 Å². The molecule has 1 aromatic carbocycles. The summed E-state index contributed by atoms with van der Waals surface area (Å²) in [6, 6.07) is 7.65. The number of benzene rings is 1. The van der Waals surface area contributed by atoms with Crippen molar-refractivity contribution in [3.63, 3.8) is 0 Å². The van der Waals surface area contributed by atoms with Gasteiger partial charge in [-0.2, -0.15) is 0 Å². The highest BCUT2D eigenvalue weighted by atomic mass is 32.2. The van der Waals surface area contributed by atoms with E-state index in [0.717, 1.165) is 29.8 Å². The van der Waals surface area contributed by atoms with Crippen molar-refractivity contribution in [3.8, 4) is 0 Å². The van der Waals surface area contributed by atoms with Gasteiger partial charge in [0.15, 0.2) is 0 Å². The predicted octanol–water partition coefficient (Wildman–Crippen LogP) is 3.72. The van der Waals surface area contributed by atoms with Crippen LogP contribution in [0.2, 0.25) is 0 Å². The minimum absolute atomic E-state index is 0.149. The number of carbonyl (C=O) groups is 1. The second-order valence-corrected chi connectivity index (χ2v) is 6.99. The van der Waals surface area contributed by atoms with E-state index in [-0.39, 0.29) is 18.1 Å². The molecule has 0 spiro atoms. The number of hydrogen-bond donors (Lipinski definition) is 3. The number of urea groups is 1. The summed E-state index contributed by atoms with van der Waals surface area (Å²) >= 11 is 1.62. The SMILES string of the molecule is CSc1ccccc1NC(=O)NCC1([C@@H](C)CCO)CCC1. The highest BCUT2D eigenvalue weighted by Gasteiger charge is 2.41. The second kappa shape index (κ2) is 7.88. The summed E-state index contributed by atoms with van der Waals surface area (Å²) in [7, 11) is 0. The summed E-state index contributed by atoms with van der Waals surface area (Å²) in [6.07, 6.45) is 6.29. The molecule has 22 heavy (non-hydrogen) atoms. The van der Waals surface area contributed by atoms with Gasteiger partial charge < -0.3 is 15.7 Å². The fourth-order valence-electron chi connectivity index (χ4n) is 3.15. The first-order chi connectivity index (χ1) is 10.6. The summed E-state index contributed by atoms with van der Waals surface area (Å²) in [5, 5.41) is 15.1. The van der Waals surface area contributed by atoms with Gasteiger partial charge in [-0.05, 0) is 49.0 Å². The summed E-state index contributed by atoms with van der Waals surface area (Å²) in [4.78, 5) is 13.2. The van der Waals surface area contributed by atoms with Crippen molar-refractivity contribution < 1.29 is 9.90 Å². The van der Waals surface area contributed by atoms with Crippen molar-refractivity contribution in [3.05, 3.63) is 24.3 Å². The Balaban J connectivity index is 1.89. The Hall–Kier alpha value is -1.20. The maximum Gasteiger partial charge on any atom is 0.319 e. The van der Waals surface area contributed by atoms with Gasteiger partial charge in [-0.1, -0.05) is 25.5 Å². The Morgan fingerprint density at radius 2 is 2.14 bits per heavy atom. The minimum atomic E-state index is -0.149. The number of anilines is 1. The Morgan fingerprint density at radius 1 is 1.41 bits per heavy atom. The Kier molecular flexibility index (Phi) is 6.15. The third-order valence-corrected chi connectivity index (χ3v) is 5.71. The zero-order valence-corrected chi connectivity index (χ0v) is 14.2. The molecule has 5 heteroatoms. The summed E-state index contributed by atoms with van der Waals surface area (Å²) < 4.78 is 0. The summed E-state index contributed by atoms with van der Waals surface area (Å²) in [6.45, 7) is 3.08. The van der Waals surface area contributed by atoms with Crippen molar-refractivity contribution in [2.24, 2.45) is 11.3 Å². The predicted molar refractivity (Wildman–Crippen MR) is 92.4 cm³/mol. The molecule has 3 N–H and O–H groups in total. The highest BCUT2D eigenvalue weighted by molar-refractivity contribution is 7.98. The van der Waals surface area contributed by atoms with E-state index in [1.807, 2.05) is 30.5 Å². The van der Waals surface area contributed by atoms with Crippen molar-refractivity contribution >= 4 is 23.5 Å². The average Bonchev–Trinajstić information content (AvgIpc) is 2.47. The van der Waals surface area contributed by atoms with Gasteiger partial charge in [0.1, 0.15) is 0 Å². The molecular weight excluding hydrogens is 296 g/mol. The lowest BCUT2D eigenvalue weighted by Crippen LogP contribution is -2.47. The largest absolute Gasteiger partial charge is 0.396 e. The second-order valence-electron chi connectivity index (χ2n) is 6.14. The highest BCUT2D eigenvalue weighted by Crippen LogP contribution is 2.47. The van der Waals surface area contributed by atoms with Crippen LogP contribution < -0.4 is 10.6 Å². The first kappa shape index (κ1) is 17.2. The molecule has 0 saturated heterocycles. The number of rotatable bonds is 7. The summed E-state index contributed by atoms with van der Waals surface area (Å²) in [5.74, 6) is 0.435. The van der Waals surface area contributed by atoms with Crippen LogP contribution in [0.25, 0.3) is 0 Å². The number of carbonyl (C=O) groups excluding carboxylic acids is 1. The maximum absolute atomic E-state index is 12.2. The van der Waals surface area contributed by atoms with Crippen LogP contribution in [-0.4, -0.2) is 30.5 Å². The molecule has 0 unspecified atom stereocenters. The number of amides is 2. The molecule has 0 bridgehead atoms. The van der Waals surface area contributed by atoms with Gasteiger partial charge in [-0.15, -0.1) is 11.8 Å². The summed E-state index contributed by atoms with van der Waals surface area (Å²) in [5.41, 5.74) is 1.01. The average molecular weight is 322 g/mol. The third kappa shape index (κ3) is 3.96. The molecule has 1 aromatic rings. The minimum Gasteiger partial charge on any atom is -0.396 e. The van der Waals surface area contributed by atoms with E-state index < -0.39 is 0 Å². The third-order valence-electron chi connectivity index (χ3n) is 4.91. The molecule has 2 amide bonds. The van der Waals surface area contributed by atoms with Crippen LogP contribution in [0.15, 0.2) is 29.2 Å². The lowest BCUT2D eigenvalue weighted by atomic mass is 9.60. The Bertz CT molecular complexity index is 503. The van der Waals surface area contributed by atoms with Crippen LogP contribution >= 0.6 is 11.8 Å². The van der Waals surface area contributed by atoms with Crippen LogP contribution in [0, 0.1) is 11.3 Å². The van der Waals surface area contributed by atoms with E-state index in [1.54, 1.807) is 11.8 Å². The Labute approximate surface area is 137 Å². The van der Waals surface area contributed by atoms with E-state index >= 15 is 0 Å². The first-order valence-electron chi connectivity index (χ1n) is 7.90. The van der Waals surface area contributed by atoms with Crippen molar-refractivity contribution in [1.82, 2.24) is 5.32 Å². The molecule has 1 saturated carbocycles. The number of aliphatic hydroxyl groups is 1. The van der Waals surface area contributed by atoms with E-state index in [4.69, 9.17) is 5.11 Å². The lowest BCUT2D eigenvalue weighted by molar-refractivity contribution is 0.0462. The number of hydrogen-bond acceptors (Lipinski definition) is 3. The molecular formula is C17H26N2O2S. The molecule has 1 atom stereocenters. The normalized spacial score (nSPS) is 17.4. The van der Waals surface area contributed by atoms with Crippen LogP contribution in [0.3, 0.4) is 0 Å². The lowest BCUT2D eigenvalue weighted by Gasteiger charge is -2.46. The molecule has 4 nitrogen and oxygen atoms in total. The number of nitrogens with one attached hydrogen (secondary N) is 2. The van der Waals surface area contributed by atoms with Crippen LogP contribution in [0.1, 0.15) is 32.6 Å². The zero-order valence-electron chi connectivity index (χ0n) is 13.4. The van der Waals surface area contributed by atoms with E-state index in [1.165, 1.54) is 6.42 Å². The van der Waals surface area contributed by atoms with Gasteiger partial charge >= 0.3 is 6.03 Å². The number of thioether (sulfide) groups is 1. The molecule has 1 aliphatic carbocycles. The fraction of sp³-hybridized carbons (Fsp3) is 0.588. The monoisotopic (exact) mass is 322 g/mol. The zero-order chi connectivity index (χ0) is 16.0. The van der Waals surface area contributed by atoms with Crippen molar-refractivity contribution in [2.75, 3.05) is 24.7 Å². The quantitative estimate of drug-likeness (QED) is 0.671. The standard InChI is InChI=1S/C17H26N2O2S/c1-13(8-11-20)17(9-5-10-17)12-18-16(21)19-14-6-3-4-7-15(14)22-2/h3-4,6-7,13,20H,5,8-12H2,1-2H3,(H2,18,19,21)/t13-/m0/s1. The van der Waals surface area contributed by atoms with Gasteiger partial charge in [-0.3, -0.25) is 0 Å². The van der Waals surface area contributed by atoms with Crippen LogP contribution in [-0.2, 0) is 0 Å². The van der Waals surface area contributed by atoms with Gasteiger partial charge in [0, 0.05) is 18.0 Å². The van der Waals surface area contributed by atoms with E-state index in [9.17, 15) is 4.79 Å². The molecule has 0 heterocycles. The number of para-hydroxylation sites is 1. The molecule has 1 fully saturated rings. The van der Waals surface area contributed by atoms with Gasteiger partial charge in [0.25, 0.3) is 0 Å². The first-order valence-corrected chi connectivity index (χ1v) is 9.12. The van der Waals surface area contributed by atoms with Gasteiger partial charge in [-0.25, -0.2) is 4.79 Å². The Morgan fingerprint density at radius 3 is 2.73 bits per heavy atom. The van der Waals surface area contributed by atoms with Crippen molar-refractivity contribution in [2.45, 2.75) is 37.5 Å². The van der Waals surface area contributed by atoms with E-state index in [2.05, 4.69) is 17.6 Å². The topological polar surface area (TPSA) is 61.4 Å². The van der Waals surface area contributed by atoms with Crippen LogP contribution in [0.4, 0.5) is 10.5 Å².